The number of nitrogens with zero attached hydrogens (tertiary/aromatic N) is 3. The monoisotopic (exact) mass is 322 g/mol. The van der Waals surface area contributed by atoms with Gasteiger partial charge in [-0.25, -0.2) is 4.79 Å². The normalized spacial score (nSPS) is 14.6. The minimum atomic E-state index is -0.338. The molecule has 1 fully saturated rings. The lowest BCUT2D eigenvalue weighted by Gasteiger charge is -2.26. The standard InChI is InChI=1S/C15H22N4O4/c1-10-14(12(3)20)11(2)19(17-10)9-13(21)16-5-7-18-6-4-8-23-15(18)22/h4-9H2,1-3H3,(H,16,21). The topological polar surface area (TPSA) is 93.5 Å². The number of cyclic esters (lactones) is 1. The van der Waals surface area contributed by atoms with Crippen LogP contribution in [0.2, 0.25) is 0 Å². The van der Waals surface area contributed by atoms with Crippen molar-refractivity contribution in [1.82, 2.24) is 20.0 Å². The number of carbonyl (C=O) groups is 3. The SMILES string of the molecule is CC(=O)c1c(C)nn(CC(=O)NCCN2CCCOC2=O)c1C. The number of amides is 2. The molecule has 126 valence electrons. The summed E-state index contributed by atoms with van der Waals surface area (Å²) in [5.41, 5.74) is 1.87. The van der Waals surface area contributed by atoms with E-state index in [1.165, 1.54) is 11.6 Å². The van der Waals surface area contributed by atoms with Crippen molar-refractivity contribution in [2.45, 2.75) is 33.7 Å². The Kier molecular flexibility index (Phi) is 5.36. The second-order valence-corrected chi connectivity index (χ2v) is 5.56. The van der Waals surface area contributed by atoms with Crippen molar-refractivity contribution < 1.29 is 19.1 Å². The lowest BCUT2D eigenvalue weighted by molar-refractivity contribution is -0.121. The van der Waals surface area contributed by atoms with E-state index in [1.807, 2.05) is 0 Å². The van der Waals surface area contributed by atoms with Crippen molar-refractivity contribution in [2.24, 2.45) is 0 Å². The summed E-state index contributed by atoms with van der Waals surface area (Å²) in [4.78, 5) is 36.6. The van der Waals surface area contributed by atoms with Crippen LogP contribution in [0.5, 0.6) is 0 Å². The number of rotatable bonds is 6. The molecular formula is C15H22N4O4. The first-order chi connectivity index (χ1) is 10.9. The average Bonchev–Trinajstić information content (AvgIpc) is 2.75. The van der Waals surface area contributed by atoms with E-state index in [4.69, 9.17) is 4.74 Å². The Hall–Kier alpha value is -2.38. The number of aryl methyl sites for hydroxylation is 1. The third-order valence-corrected chi connectivity index (χ3v) is 3.79. The van der Waals surface area contributed by atoms with Gasteiger partial charge in [0.05, 0.1) is 17.9 Å². The maximum absolute atomic E-state index is 12.0. The molecular weight excluding hydrogens is 300 g/mol. The summed E-state index contributed by atoms with van der Waals surface area (Å²) >= 11 is 0. The van der Waals surface area contributed by atoms with Gasteiger partial charge in [0, 0.05) is 25.3 Å². The predicted molar refractivity (Wildman–Crippen MR) is 82.3 cm³/mol. The Morgan fingerprint density at radius 1 is 1.35 bits per heavy atom. The van der Waals surface area contributed by atoms with E-state index in [9.17, 15) is 14.4 Å². The van der Waals surface area contributed by atoms with Gasteiger partial charge in [0.15, 0.2) is 5.78 Å². The number of carbonyl (C=O) groups excluding carboxylic acids is 3. The summed E-state index contributed by atoms with van der Waals surface area (Å²) in [6, 6.07) is 0. The average molecular weight is 322 g/mol. The summed E-state index contributed by atoms with van der Waals surface area (Å²) in [6.45, 7) is 6.93. The molecule has 0 aliphatic carbocycles. The third-order valence-electron chi connectivity index (χ3n) is 3.79. The van der Waals surface area contributed by atoms with Crippen molar-refractivity contribution in [3.05, 3.63) is 17.0 Å². The van der Waals surface area contributed by atoms with Gasteiger partial charge in [-0.3, -0.25) is 14.3 Å². The molecule has 0 radical (unpaired) electrons. The van der Waals surface area contributed by atoms with Crippen LogP contribution < -0.4 is 5.32 Å². The molecule has 23 heavy (non-hydrogen) atoms. The Labute approximate surface area is 134 Å². The zero-order chi connectivity index (χ0) is 17.0. The first-order valence-electron chi connectivity index (χ1n) is 7.63. The van der Waals surface area contributed by atoms with Crippen molar-refractivity contribution in [3.8, 4) is 0 Å². The molecule has 2 amide bonds. The lowest BCUT2D eigenvalue weighted by Crippen LogP contribution is -2.43. The highest BCUT2D eigenvalue weighted by Gasteiger charge is 2.20. The first-order valence-corrected chi connectivity index (χ1v) is 7.63. The van der Waals surface area contributed by atoms with E-state index in [1.54, 1.807) is 18.7 Å². The van der Waals surface area contributed by atoms with Crippen LogP contribution in [0.25, 0.3) is 0 Å². The molecule has 0 unspecified atom stereocenters. The molecule has 1 aromatic heterocycles. The van der Waals surface area contributed by atoms with Crippen molar-refractivity contribution in [2.75, 3.05) is 26.2 Å². The summed E-state index contributed by atoms with van der Waals surface area (Å²) in [5.74, 6) is -0.272. The van der Waals surface area contributed by atoms with Gasteiger partial charge < -0.3 is 15.0 Å². The van der Waals surface area contributed by atoms with E-state index in [2.05, 4.69) is 10.4 Å². The zero-order valence-electron chi connectivity index (χ0n) is 13.7. The van der Waals surface area contributed by atoms with Gasteiger partial charge in [-0.05, 0) is 27.2 Å². The molecule has 8 heteroatoms. The Balaban J connectivity index is 1.84. The van der Waals surface area contributed by atoms with Gasteiger partial charge >= 0.3 is 6.09 Å². The molecule has 1 aliphatic heterocycles. The molecule has 1 saturated heterocycles. The van der Waals surface area contributed by atoms with Crippen LogP contribution in [0.15, 0.2) is 0 Å². The quantitative estimate of drug-likeness (QED) is 0.777. The van der Waals surface area contributed by atoms with E-state index < -0.39 is 0 Å². The first kappa shape index (κ1) is 17.0. The van der Waals surface area contributed by atoms with E-state index in [0.717, 1.165) is 6.42 Å². The fourth-order valence-corrected chi connectivity index (χ4v) is 2.68. The van der Waals surface area contributed by atoms with Crippen LogP contribution in [0.3, 0.4) is 0 Å². The van der Waals surface area contributed by atoms with Gasteiger partial charge in [-0.1, -0.05) is 0 Å². The van der Waals surface area contributed by atoms with E-state index in [-0.39, 0.29) is 24.3 Å². The van der Waals surface area contributed by atoms with Gasteiger partial charge in [0.1, 0.15) is 6.54 Å². The molecule has 2 heterocycles. The van der Waals surface area contributed by atoms with Crippen molar-refractivity contribution in [1.29, 1.82) is 0 Å². The third kappa shape index (κ3) is 4.08. The molecule has 8 nitrogen and oxygen atoms in total. The number of Topliss-reactive ketones (excluding diaryl/α,β-unsaturated/α-hetero) is 1. The van der Waals surface area contributed by atoms with Gasteiger partial charge in [0.25, 0.3) is 0 Å². The summed E-state index contributed by atoms with van der Waals surface area (Å²) in [6.07, 6.45) is 0.467. The molecule has 1 aromatic rings. The fourth-order valence-electron chi connectivity index (χ4n) is 2.68. The lowest BCUT2D eigenvalue weighted by atomic mass is 10.1. The van der Waals surface area contributed by atoms with Gasteiger partial charge in [-0.15, -0.1) is 0 Å². The molecule has 0 bridgehead atoms. The molecule has 0 saturated carbocycles. The highest BCUT2D eigenvalue weighted by Crippen LogP contribution is 2.13. The predicted octanol–water partition coefficient (Wildman–Crippen LogP) is 0.661. The maximum Gasteiger partial charge on any atom is 0.409 e. The fraction of sp³-hybridized carbons (Fsp3) is 0.600. The van der Waals surface area contributed by atoms with Gasteiger partial charge in [0.2, 0.25) is 5.91 Å². The maximum atomic E-state index is 12.0. The molecule has 1 N–H and O–H groups in total. The number of ether oxygens (including phenoxy) is 1. The Bertz CT molecular complexity index is 623. The molecule has 0 aromatic carbocycles. The van der Waals surface area contributed by atoms with Crippen LogP contribution in [-0.2, 0) is 16.1 Å². The van der Waals surface area contributed by atoms with Crippen LogP contribution in [0.1, 0.15) is 35.1 Å². The Morgan fingerprint density at radius 2 is 2.09 bits per heavy atom. The Morgan fingerprint density at radius 3 is 2.70 bits per heavy atom. The van der Waals surface area contributed by atoms with Crippen molar-refractivity contribution in [3.63, 3.8) is 0 Å². The summed E-state index contributed by atoms with van der Waals surface area (Å²) < 4.78 is 6.45. The van der Waals surface area contributed by atoms with Gasteiger partial charge in [-0.2, -0.15) is 5.10 Å². The largest absolute Gasteiger partial charge is 0.449 e. The summed E-state index contributed by atoms with van der Waals surface area (Å²) in [5, 5.41) is 6.98. The highest BCUT2D eigenvalue weighted by molar-refractivity contribution is 5.96. The number of aromatic nitrogens is 2. The molecule has 0 atom stereocenters. The highest BCUT2D eigenvalue weighted by atomic mass is 16.6. The van der Waals surface area contributed by atoms with Crippen LogP contribution in [0, 0.1) is 13.8 Å². The van der Waals surface area contributed by atoms with Crippen LogP contribution in [-0.4, -0.2) is 58.7 Å². The molecule has 1 aliphatic rings. The summed E-state index contributed by atoms with van der Waals surface area (Å²) in [7, 11) is 0. The smallest absolute Gasteiger partial charge is 0.409 e. The second kappa shape index (κ2) is 7.26. The number of hydrogen-bond donors (Lipinski definition) is 1. The number of ketones is 1. The number of nitrogens with one attached hydrogen (secondary N) is 1. The number of hydrogen-bond acceptors (Lipinski definition) is 5. The zero-order valence-corrected chi connectivity index (χ0v) is 13.7. The molecule has 0 spiro atoms. The molecule has 2 rings (SSSR count). The van der Waals surface area contributed by atoms with E-state index in [0.29, 0.717) is 43.2 Å². The minimum Gasteiger partial charge on any atom is -0.449 e. The van der Waals surface area contributed by atoms with Crippen LogP contribution >= 0.6 is 0 Å². The van der Waals surface area contributed by atoms with Crippen LogP contribution in [0.4, 0.5) is 4.79 Å². The van der Waals surface area contributed by atoms with Crippen molar-refractivity contribution >= 4 is 17.8 Å². The second-order valence-electron chi connectivity index (χ2n) is 5.56. The minimum absolute atomic E-state index is 0.0460. The van der Waals surface area contributed by atoms with E-state index >= 15 is 0 Å².